The molecule has 0 spiro atoms. The maximum Gasteiger partial charge on any atom is 0.408 e. The molecule has 1 N–H and O–H groups in total. The molecule has 0 radical (unpaired) electrons. The molecule has 1 aliphatic heterocycles. The molecule has 1 aromatic carbocycles. The number of nitriles is 1. The van der Waals surface area contributed by atoms with Crippen LogP contribution in [0.1, 0.15) is 57.7 Å². The average Bonchev–Trinajstić information content (AvgIpc) is 2.68. The summed E-state index contributed by atoms with van der Waals surface area (Å²) in [5.41, 5.74) is -0.0770. The van der Waals surface area contributed by atoms with Crippen LogP contribution in [0.5, 0.6) is 0 Å². The van der Waals surface area contributed by atoms with Crippen molar-refractivity contribution >= 4 is 22.9 Å². The van der Waals surface area contributed by atoms with Crippen molar-refractivity contribution in [2.24, 2.45) is 7.05 Å². The second kappa shape index (κ2) is 8.37. The highest BCUT2D eigenvalue weighted by Crippen LogP contribution is 2.31. The van der Waals surface area contributed by atoms with Crippen LogP contribution in [0.3, 0.4) is 0 Å². The third-order valence-electron chi connectivity index (χ3n) is 5.29. The number of nitrogens with one attached hydrogen (secondary N) is 1. The summed E-state index contributed by atoms with van der Waals surface area (Å²) in [6, 6.07) is 4.41. The molecule has 1 amide bonds. The van der Waals surface area contributed by atoms with Gasteiger partial charge in [0.2, 0.25) is 5.95 Å². The first-order valence-corrected chi connectivity index (χ1v) is 10.4. The number of halogens is 2. The molecule has 0 bridgehead atoms. The van der Waals surface area contributed by atoms with E-state index in [1.54, 1.807) is 38.7 Å². The van der Waals surface area contributed by atoms with Crippen LogP contribution < -0.4 is 15.8 Å². The topological polar surface area (TPSA) is 100 Å². The molecule has 1 fully saturated rings. The Kier molecular flexibility index (Phi) is 6.13. The number of anilines is 1. The molecule has 8 nitrogen and oxygen atoms in total. The third-order valence-corrected chi connectivity index (χ3v) is 5.29. The molecule has 172 valence electrons. The highest BCUT2D eigenvalue weighted by molar-refractivity contribution is 5.85. The van der Waals surface area contributed by atoms with Crippen LogP contribution in [-0.2, 0) is 11.8 Å². The summed E-state index contributed by atoms with van der Waals surface area (Å²) in [7, 11) is 1.53. The molecule has 2 aromatic rings. The van der Waals surface area contributed by atoms with E-state index in [2.05, 4.69) is 10.3 Å². The molecule has 0 aliphatic carbocycles. The van der Waals surface area contributed by atoms with Gasteiger partial charge in [-0.2, -0.15) is 5.26 Å². The number of carbonyl (C=O) groups is 1. The normalized spacial score (nSPS) is 17.0. The van der Waals surface area contributed by atoms with Crippen LogP contribution in [0.15, 0.2) is 16.9 Å². The Morgan fingerprint density at radius 3 is 2.50 bits per heavy atom. The minimum absolute atomic E-state index is 0.0656. The van der Waals surface area contributed by atoms with E-state index in [4.69, 9.17) is 4.74 Å². The van der Waals surface area contributed by atoms with E-state index in [-0.39, 0.29) is 42.8 Å². The zero-order valence-electron chi connectivity index (χ0n) is 18.8. The first-order chi connectivity index (χ1) is 14.8. The van der Waals surface area contributed by atoms with E-state index in [1.807, 2.05) is 6.07 Å². The molecule has 2 heterocycles. The minimum Gasteiger partial charge on any atom is -0.444 e. The summed E-state index contributed by atoms with van der Waals surface area (Å²) in [5.74, 6) is -2.46. The van der Waals surface area contributed by atoms with E-state index in [9.17, 15) is 23.6 Å². The van der Waals surface area contributed by atoms with E-state index < -0.39 is 29.2 Å². The lowest BCUT2D eigenvalue weighted by Crippen LogP contribution is -2.42. The molecular formula is C22H27F2N5O3. The third kappa shape index (κ3) is 4.98. The van der Waals surface area contributed by atoms with Crippen molar-refractivity contribution in [2.75, 3.05) is 18.0 Å². The second-order valence-electron chi connectivity index (χ2n) is 9.06. The van der Waals surface area contributed by atoms with Crippen LogP contribution in [-0.4, -0.2) is 40.3 Å². The molecule has 1 atom stereocenters. The molecule has 0 saturated carbocycles. The summed E-state index contributed by atoms with van der Waals surface area (Å²) >= 11 is 0. The van der Waals surface area contributed by atoms with Gasteiger partial charge < -0.3 is 15.0 Å². The Balaban J connectivity index is 2.08. The first kappa shape index (κ1) is 23.4. The number of aromatic nitrogens is 2. The maximum absolute atomic E-state index is 13.6. The fourth-order valence-corrected chi connectivity index (χ4v) is 3.66. The molecule has 10 heteroatoms. The molecule has 3 rings (SSSR count). The van der Waals surface area contributed by atoms with Gasteiger partial charge in [0.1, 0.15) is 5.60 Å². The zero-order chi connectivity index (χ0) is 23.8. The van der Waals surface area contributed by atoms with Crippen molar-refractivity contribution < 1.29 is 18.3 Å². The summed E-state index contributed by atoms with van der Waals surface area (Å²) in [5, 5.41) is 12.4. The van der Waals surface area contributed by atoms with E-state index >= 15 is 0 Å². The van der Waals surface area contributed by atoms with Gasteiger partial charge >= 0.3 is 6.09 Å². The number of nitrogens with zero attached hydrogens (tertiary/aromatic N) is 4. The van der Waals surface area contributed by atoms with Gasteiger partial charge in [-0.05, 0) is 39.8 Å². The fraction of sp³-hybridized carbons (Fsp3) is 0.545. The number of piperidine rings is 1. The summed E-state index contributed by atoms with van der Waals surface area (Å²) in [6.07, 6.45) is -1.29. The highest BCUT2D eigenvalue weighted by Gasteiger charge is 2.35. The SMILES string of the molecule is C[C@@H](NC(=O)OC(C)(C)C)c1cc(C#N)cc2c(=O)n(C)c(N3CCC(F)(F)CC3)nc12. The predicted octanol–water partition coefficient (Wildman–Crippen LogP) is 3.63. The minimum atomic E-state index is -2.73. The van der Waals surface area contributed by atoms with Gasteiger partial charge in [-0.25, -0.2) is 18.6 Å². The number of amides is 1. The highest BCUT2D eigenvalue weighted by atomic mass is 19.3. The number of rotatable bonds is 3. The van der Waals surface area contributed by atoms with Gasteiger partial charge in [0.15, 0.2) is 0 Å². The van der Waals surface area contributed by atoms with Crippen LogP contribution >= 0.6 is 0 Å². The number of ether oxygens (including phenoxy) is 1. The van der Waals surface area contributed by atoms with Gasteiger partial charge in [0.25, 0.3) is 11.5 Å². The first-order valence-electron chi connectivity index (χ1n) is 10.4. The van der Waals surface area contributed by atoms with Crippen LogP contribution in [0.4, 0.5) is 19.5 Å². The molecule has 1 aliphatic rings. The van der Waals surface area contributed by atoms with Crippen molar-refractivity contribution in [3.8, 4) is 6.07 Å². The van der Waals surface area contributed by atoms with Crippen molar-refractivity contribution in [2.45, 2.75) is 58.1 Å². The number of hydrogen-bond donors (Lipinski definition) is 1. The number of fused-ring (bicyclic) bond motifs is 1. The number of benzene rings is 1. The number of carbonyl (C=O) groups excluding carboxylic acids is 1. The van der Waals surface area contributed by atoms with Crippen LogP contribution in [0.25, 0.3) is 10.9 Å². The Bertz CT molecular complexity index is 1140. The smallest absolute Gasteiger partial charge is 0.408 e. The van der Waals surface area contributed by atoms with Gasteiger partial charge in [0, 0.05) is 38.5 Å². The zero-order valence-corrected chi connectivity index (χ0v) is 18.8. The molecule has 32 heavy (non-hydrogen) atoms. The lowest BCUT2D eigenvalue weighted by atomic mass is 10.0. The lowest BCUT2D eigenvalue weighted by molar-refractivity contribution is -0.0223. The molecule has 1 saturated heterocycles. The Hall–Kier alpha value is -3.22. The maximum atomic E-state index is 13.6. The average molecular weight is 447 g/mol. The summed E-state index contributed by atoms with van der Waals surface area (Å²) < 4.78 is 33.8. The van der Waals surface area contributed by atoms with Crippen molar-refractivity contribution in [3.63, 3.8) is 0 Å². The lowest BCUT2D eigenvalue weighted by Gasteiger charge is -2.33. The van der Waals surface area contributed by atoms with Gasteiger partial charge in [-0.1, -0.05) is 0 Å². The van der Waals surface area contributed by atoms with Gasteiger partial charge in [0.05, 0.1) is 28.6 Å². The van der Waals surface area contributed by atoms with Gasteiger partial charge in [-0.3, -0.25) is 9.36 Å². The van der Waals surface area contributed by atoms with E-state index in [1.165, 1.54) is 17.7 Å². The van der Waals surface area contributed by atoms with E-state index in [0.717, 1.165) is 0 Å². The fourth-order valence-electron chi connectivity index (χ4n) is 3.66. The van der Waals surface area contributed by atoms with Crippen molar-refractivity contribution in [1.82, 2.24) is 14.9 Å². The van der Waals surface area contributed by atoms with Crippen molar-refractivity contribution in [3.05, 3.63) is 33.6 Å². The van der Waals surface area contributed by atoms with Crippen LogP contribution in [0, 0.1) is 11.3 Å². The standard InChI is InChI=1S/C22H27F2N5O3/c1-13(26-20(31)32-21(2,3)4)15-10-14(12-25)11-16-17(15)27-19(28(5)18(16)30)29-8-6-22(23,24)7-9-29/h10-11,13H,6-9H2,1-5H3,(H,26,31)/t13-/m1/s1. The van der Waals surface area contributed by atoms with E-state index in [0.29, 0.717) is 11.1 Å². The Morgan fingerprint density at radius 2 is 1.94 bits per heavy atom. The second-order valence-corrected chi connectivity index (χ2v) is 9.06. The monoisotopic (exact) mass is 447 g/mol. The van der Waals surface area contributed by atoms with Crippen molar-refractivity contribution in [1.29, 1.82) is 5.26 Å². The van der Waals surface area contributed by atoms with Gasteiger partial charge in [-0.15, -0.1) is 0 Å². The summed E-state index contributed by atoms with van der Waals surface area (Å²) in [4.78, 5) is 31.7. The number of alkyl halides is 2. The number of alkyl carbamates (subject to hydrolysis) is 1. The molecule has 1 aromatic heterocycles. The molecular weight excluding hydrogens is 420 g/mol. The van der Waals surface area contributed by atoms with Crippen LogP contribution in [0.2, 0.25) is 0 Å². The quantitative estimate of drug-likeness (QED) is 0.771. The number of hydrogen-bond acceptors (Lipinski definition) is 6. The molecule has 0 unspecified atom stereocenters. The summed E-state index contributed by atoms with van der Waals surface area (Å²) in [6.45, 7) is 7.04. The Labute approximate surface area is 184 Å². The predicted molar refractivity (Wildman–Crippen MR) is 116 cm³/mol. The largest absolute Gasteiger partial charge is 0.444 e. The Morgan fingerprint density at radius 1 is 1.31 bits per heavy atom.